The van der Waals surface area contributed by atoms with E-state index in [1.165, 1.54) is 11.3 Å². The normalized spacial score (nSPS) is 18.3. The number of carboxylic acid groups (broad SMARTS) is 1. The number of aliphatic hydroxyl groups excluding tert-OH is 1. The highest BCUT2D eigenvalue weighted by atomic mass is 32.1. The first-order valence-corrected chi connectivity index (χ1v) is 10.7. The standard InChI is InChI=1S/C22H26N2O4S/c25-18(14-16-6-2-1-3-7-16)12-11-17-8-4-10-20(26)24(17)13-5-9-19-15-23-21(29-19)22(27)28/h1-3,6-7,11-12,15,17-18,25H,4-5,8-10,13-14H2,(H,27,28). The summed E-state index contributed by atoms with van der Waals surface area (Å²) in [6.07, 6.45) is 9.08. The number of carbonyl (C=O) groups excluding carboxylic acids is 1. The Hall–Kier alpha value is -2.51. The van der Waals surface area contributed by atoms with Crippen LogP contribution in [0.3, 0.4) is 0 Å². The molecular weight excluding hydrogens is 388 g/mol. The fourth-order valence-electron chi connectivity index (χ4n) is 3.56. The summed E-state index contributed by atoms with van der Waals surface area (Å²) in [5.41, 5.74) is 1.08. The van der Waals surface area contributed by atoms with Crippen LogP contribution < -0.4 is 0 Å². The molecule has 29 heavy (non-hydrogen) atoms. The number of benzene rings is 1. The van der Waals surface area contributed by atoms with Gasteiger partial charge >= 0.3 is 5.97 Å². The molecule has 1 fully saturated rings. The van der Waals surface area contributed by atoms with Crippen molar-refractivity contribution in [2.75, 3.05) is 6.54 Å². The smallest absolute Gasteiger partial charge is 0.365 e. The number of hydrogen-bond donors (Lipinski definition) is 2. The van der Waals surface area contributed by atoms with Crippen LogP contribution in [0.15, 0.2) is 48.7 Å². The number of amides is 1. The minimum absolute atomic E-state index is 0.00212. The van der Waals surface area contributed by atoms with E-state index in [1.54, 1.807) is 12.3 Å². The highest BCUT2D eigenvalue weighted by molar-refractivity contribution is 7.13. The summed E-state index contributed by atoms with van der Waals surface area (Å²) in [6.45, 7) is 0.614. The highest BCUT2D eigenvalue weighted by Gasteiger charge is 2.26. The zero-order valence-corrected chi connectivity index (χ0v) is 17.1. The van der Waals surface area contributed by atoms with Gasteiger partial charge in [0.2, 0.25) is 10.9 Å². The third-order valence-corrected chi connectivity index (χ3v) is 6.06. The maximum Gasteiger partial charge on any atom is 0.365 e. The molecule has 1 aliphatic rings. The van der Waals surface area contributed by atoms with Crippen molar-refractivity contribution in [2.24, 2.45) is 0 Å². The summed E-state index contributed by atoms with van der Waals surface area (Å²) in [5, 5.41) is 19.4. The Morgan fingerprint density at radius 3 is 2.86 bits per heavy atom. The number of aliphatic hydroxyl groups is 1. The average molecular weight is 415 g/mol. The predicted molar refractivity (Wildman–Crippen MR) is 112 cm³/mol. The van der Waals surface area contributed by atoms with E-state index in [1.807, 2.05) is 41.3 Å². The molecule has 2 atom stereocenters. The first kappa shape index (κ1) is 21.2. The summed E-state index contributed by atoms with van der Waals surface area (Å²) in [5.74, 6) is -0.870. The third kappa shape index (κ3) is 6.24. The predicted octanol–water partition coefficient (Wildman–Crippen LogP) is 3.31. The first-order valence-electron chi connectivity index (χ1n) is 9.90. The number of aryl methyl sites for hydroxylation is 1. The molecule has 1 aromatic carbocycles. The minimum atomic E-state index is -1.01. The lowest BCUT2D eigenvalue weighted by Gasteiger charge is -2.34. The molecule has 154 valence electrons. The number of nitrogens with zero attached hydrogens (tertiary/aromatic N) is 2. The van der Waals surface area contributed by atoms with Gasteiger partial charge in [0.05, 0.1) is 12.1 Å². The second kappa shape index (κ2) is 10.3. The number of aromatic nitrogens is 1. The molecule has 0 aliphatic carbocycles. The summed E-state index contributed by atoms with van der Waals surface area (Å²) >= 11 is 1.18. The van der Waals surface area contributed by atoms with E-state index < -0.39 is 12.1 Å². The summed E-state index contributed by atoms with van der Waals surface area (Å²) in [4.78, 5) is 30.0. The van der Waals surface area contributed by atoms with Crippen molar-refractivity contribution in [2.45, 2.75) is 50.7 Å². The van der Waals surface area contributed by atoms with Gasteiger partial charge in [-0.1, -0.05) is 42.5 Å². The van der Waals surface area contributed by atoms with Gasteiger partial charge in [-0.3, -0.25) is 4.79 Å². The quantitative estimate of drug-likeness (QED) is 0.615. The van der Waals surface area contributed by atoms with Crippen molar-refractivity contribution in [3.05, 3.63) is 64.1 Å². The van der Waals surface area contributed by atoms with Gasteiger partial charge in [0.1, 0.15) is 0 Å². The SMILES string of the molecule is O=C(O)c1ncc(CCCN2C(=O)CCCC2C=CC(O)Cc2ccccc2)s1. The molecule has 0 saturated carbocycles. The average Bonchev–Trinajstić information content (AvgIpc) is 3.18. The number of thiazole rings is 1. The van der Waals surface area contributed by atoms with Crippen LogP contribution in [-0.2, 0) is 17.6 Å². The molecule has 2 unspecified atom stereocenters. The van der Waals surface area contributed by atoms with Crippen molar-refractivity contribution in [3.8, 4) is 0 Å². The van der Waals surface area contributed by atoms with E-state index in [9.17, 15) is 14.7 Å². The van der Waals surface area contributed by atoms with Gasteiger partial charge < -0.3 is 15.1 Å². The molecule has 1 amide bonds. The minimum Gasteiger partial charge on any atom is -0.476 e. The van der Waals surface area contributed by atoms with Gasteiger partial charge in [-0.05, 0) is 31.2 Å². The molecule has 1 saturated heterocycles. The van der Waals surface area contributed by atoms with E-state index in [0.29, 0.717) is 25.8 Å². The molecule has 0 spiro atoms. The van der Waals surface area contributed by atoms with Crippen LogP contribution in [0, 0.1) is 0 Å². The number of piperidine rings is 1. The van der Waals surface area contributed by atoms with Crippen molar-refractivity contribution in [3.63, 3.8) is 0 Å². The van der Waals surface area contributed by atoms with Crippen LogP contribution in [0.5, 0.6) is 0 Å². The number of carbonyl (C=O) groups is 2. The lowest BCUT2D eigenvalue weighted by molar-refractivity contribution is -0.135. The lowest BCUT2D eigenvalue weighted by Crippen LogP contribution is -2.43. The number of rotatable bonds is 9. The van der Waals surface area contributed by atoms with E-state index in [-0.39, 0.29) is 17.0 Å². The topological polar surface area (TPSA) is 90.7 Å². The molecule has 2 aromatic rings. The zero-order valence-electron chi connectivity index (χ0n) is 16.2. The van der Waals surface area contributed by atoms with Crippen LogP contribution in [0.4, 0.5) is 0 Å². The number of hydrogen-bond acceptors (Lipinski definition) is 5. The second-order valence-electron chi connectivity index (χ2n) is 7.23. The van der Waals surface area contributed by atoms with E-state index in [4.69, 9.17) is 5.11 Å². The van der Waals surface area contributed by atoms with Crippen molar-refractivity contribution >= 4 is 23.2 Å². The Labute approximate surface area is 174 Å². The first-order chi connectivity index (χ1) is 14.0. The van der Waals surface area contributed by atoms with Crippen molar-refractivity contribution < 1.29 is 19.8 Å². The van der Waals surface area contributed by atoms with Gasteiger partial charge in [-0.15, -0.1) is 11.3 Å². The van der Waals surface area contributed by atoms with Crippen molar-refractivity contribution in [1.82, 2.24) is 9.88 Å². The summed E-state index contributed by atoms with van der Waals surface area (Å²) in [6, 6.07) is 9.83. The highest BCUT2D eigenvalue weighted by Crippen LogP contribution is 2.21. The van der Waals surface area contributed by atoms with Gasteiger partial charge in [-0.25, -0.2) is 9.78 Å². The maximum absolute atomic E-state index is 12.4. The van der Waals surface area contributed by atoms with Crippen LogP contribution in [0.25, 0.3) is 0 Å². The van der Waals surface area contributed by atoms with E-state index in [0.717, 1.165) is 29.7 Å². The Bertz CT molecular complexity index is 850. The van der Waals surface area contributed by atoms with E-state index in [2.05, 4.69) is 4.98 Å². The largest absolute Gasteiger partial charge is 0.476 e. The Morgan fingerprint density at radius 1 is 1.34 bits per heavy atom. The van der Waals surface area contributed by atoms with Crippen molar-refractivity contribution in [1.29, 1.82) is 0 Å². The van der Waals surface area contributed by atoms with Gasteiger partial charge in [0.15, 0.2) is 0 Å². The molecule has 1 aliphatic heterocycles. The maximum atomic E-state index is 12.4. The monoisotopic (exact) mass is 414 g/mol. The molecule has 2 heterocycles. The molecule has 0 bridgehead atoms. The number of likely N-dealkylation sites (tertiary alicyclic amines) is 1. The van der Waals surface area contributed by atoms with Gasteiger partial charge in [-0.2, -0.15) is 0 Å². The number of carboxylic acids is 1. The van der Waals surface area contributed by atoms with Gasteiger partial charge in [0.25, 0.3) is 0 Å². The van der Waals surface area contributed by atoms with Crippen LogP contribution in [-0.4, -0.2) is 50.7 Å². The van der Waals surface area contributed by atoms with Crippen LogP contribution in [0.2, 0.25) is 0 Å². The summed E-state index contributed by atoms with van der Waals surface area (Å²) in [7, 11) is 0. The Kier molecular flexibility index (Phi) is 7.55. The van der Waals surface area contributed by atoms with Crippen LogP contribution >= 0.6 is 11.3 Å². The Balaban J connectivity index is 1.53. The lowest BCUT2D eigenvalue weighted by atomic mass is 9.99. The second-order valence-corrected chi connectivity index (χ2v) is 8.34. The van der Waals surface area contributed by atoms with E-state index >= 15 is 0 Å². The molecule has 3 rings (SSSR count). The molecule has 0 radical (unpaired) electrons. The van der Waals surface area contributed by atoms with Crippen LogP contribution in [0.1, 0.15) is 45.9 Å². The molecule has 6 nitrogen and oxygen atoms in total. The molecular formula is C22H26N2O4S. The molecule has 7 heteroatoms. The third-order valence-electron chi connectivity index (χ3n) is 5.01. The fraction of sp³-hybridized carbons (Fsp3) is 0.409. The Morgan fingerprint density at radius 2 is 2.14 bits per heavy atom. The molecule has 2 N–H and O–H groups in total. The fourth-order valence-corrected chi connectivity index (χ4v) is 4.36. The summed E-state index contributed by atoms with van der Waals surface area (Å²) < 4.78 is 0. The number of aromatic carboxylic acids is 1. The zero-order chi connectivity index (χ0) is 20.6. The van der Waals surface area contributed by atoms with Gasteiger partial charge in [0, 0.05) is 30.5 Å². The molecule has 1 aromatic heterocycles.